The molecule has 0 aromatic heterocycles. The monoisotopic (exact) mass is 620 g/mol. The number of rotatable bonds is 13. The summed E-state index contributed by atoms with van der Waals surface area (Å²) in [6, 6.07) is 23.5. The maximum atomic E-state index is 12.7. The SMILES string of the molecule is CCCCOc1ccc(C(=O)Oc2ccc(/C=N\NC(=O)c3ccc(OCc4ccc(Cl)cc4Cl)cc3)cc2OC)cc1. The average molecular weight is 622 g/mol. The molecule has 0 bridgehead atoms. The molecule has 0 radical (unpaired) electrons. The lowest BCUT2D eigenvalue weighted by molar-refractivity contribution is 0.0729. The van der Waals surface area contributed by atoms with Crippen LogP contribution in [0, 0.1) is 0 Å². The Morgan fingerprint density at radius 2 is 1.53 bits per heavy atom. The van der Waals surface area contributed by atoms with Gasteiger partial charge in [0, 0.05) is 21.2 Å². The minimum absolute atomic E-state index is 0.248. The highest BCUT2D eigenvalue weighted by atomic mass is 35.5. The van der Waals surface area contributed by atoms with E-state index in [1.54, 1.807) is 84.9 Å². The first-order valence-electron chi connectivity index (χ1n) is 13.5. The van der Waals surface area contributed by atoms with Crippen LogP contribution in [0.4, 0.5) is 0 Å². The molecule has 0 saturated heterocycles. The molecule has 0 spiro atoms. The smallest absolute Gasteiger partial charge is 0.343 e. The molecule has 0 unspecified atom stereocenters. The number of carbonyl (C=O) groups is 2. The normalized spacial score (nSPS) is 10.8. The standard InChI is InChI=1S/C33H30Cl2N2O6/c1-3-4-17-41-27-14-9-24(10-15-27)33(39)43-30-16-5-22(18-31(30)40-2)20-36-37-32(38)23-7-12-28(13-8-23)42-21-25-6-11-26(34)19-29(25)35/h5-16,18-20H,3-4,17,21H2,1-2H3,(H,37,38)/b36-20-. The van der Waals surface area contributed by atoms with E-state index in [0.29, 0.717) is 50.6 Å². The maximum Gasteiger partial charge on any atom is 0.343 e. The number of nitrogens with zero attached hydrogens (tertiary/aromatic N) is 1. The Hall–Kier alpha value is -4.53. The van der Waals surface area contributed by atoms with Crippen LogP contribution >= 0.6 is 23.2 Å². The molecule has 4 aromatic carbocycles. The summed E-state index contributed by atoms with van der Waals surface area (Å²) in [7, 11) is 1.47. The van der Waals surface area contributed by atoms with Crippen LogP contribution in [0.1, 0.15) is 51.6 Å². The summed E-state index contributed by atoms with van der Waals surface area (Å²) in [5, 5.41) is 5.09. The Bertz CT molecular complexity index is 1570. The van der Waals surface area contributed by atoms with Crippen LogP contribution in [0.25, 0.3) is 0 Å². The van der Waals surface area contributed by atoms with Crippen LogP contribution in [0.2, 0.25) is 10.0 Å². The number of esters is 1. The number of carbonyl (C=O) groups excluding carboxylic acids is 2. The van der Waals surface area contributed by atoms with Gasteiger partial charge in [-0.25, -0.2) is 10.2 Å². The van der Waals surface area contributed by atoms with Crippen molar-refractivity contribution >= 4 is 41.3 Å². The molecule has 0 saturated carbocycles. The van der Waals surface area contributed by atoms with Crippen molar-refractivity contribution in [1.82, 2.24) is 5.43 Å². The zero-order chi connectivity index (χ0) is 30.6. The highest BCUT2D eigenvalue weighted by Gasteiger charge is 2.13. The molecule has 0 aliphatic rings. The second-order valence-corrected chi connectivity index (χ2v) is 10.1. The number of nitrogens with one attached hydrogen (secondary N) is 1. The zero-order valence-electron chi connectivity index (χ0n) is 23.6. The quantitative estimate of drug-likeness (QED) is 0.0540. The lowest BCUT2D eigenvalue weighted by Gasteiger charge is -2.10. The van der Waals surface area contributed by atoms with Crippen molar-refractivity contribution in [3.63, 3.8) is 0 Å². The van der Waals surface area contributed by atoms with Gasteiger partial charge in [0.2, 0.25) is 0 Å². The number of methoxy groups -OCH3 is 1. The molecule has 222 valence electrons. The summed E-state index contributed by atoms with van der Waals surface area (Å²) in [5.41, 5.74) is 4.68. The lowest BCUT2D eigenvalue weighted by atomic mass is 10.2. The number of hydrogen-bond donors (Lipinski definition) is 1. The largest absolute Gasteiger partial charge is 0.494 e. The second kappa shape index (κ2) is 15.6. The second-order valence-electron chi connectivity index (χ2n) is 9.27. The van der Waals surface area contributed by atoms with Crippen molar-refractivity contribution in [3.05, 3.63) is 117 Å². The molecule has 1 N–H and O–H groups in total. The first kappa shape index (κ1) is 31.4. The lowest BCUT2D eigenvalue weighted by Crippen LogP contribution is -2.17. The van der Waals surface area contributed by atoms with Crippen molar-refractivity contribution in [2.45, 2.75) is 26.4 Å². The van der Waals surface area contributed by atoms with Crippen molar-refractivity contribution in [3.8, 4) is 23.0 Å². The third-order valence-electron chi connectivity index (χ3n) is 6.15. The first-order valence-corrected chi connectivity index (χ1v) is 14.2. The highest BCUT2D eigenvalue weighted by molar-refractivity contribution is 6.35. The van der Waals surface area contributed by atoms with Gasteiger partial charge in [0.15, 0.2) is 11.5 Å². The van der Waals surface area contributed by atoms with E-state index in [0.717, 1.165) is 18.4 Å². The molecule has 1 amide bonds. The first-order chi connectivity index (χ1) is 20.9. The van der Waals surface area contributed by atoms with Crippen molar-refractivity contribution in [1.29, 1.82) is 0 Å². The van der Waals surface area contributed by atoms with Gasteiger partial charge < -0.3 is 18.9 Å². The summed E-state index contributed by atoms with van der Waals surface area (Å²) < 4.78 is 22.3. The number of unbranched alkanes of at least 4 members (excludes halogenated alkanes) is 1. The summed E-state index contributed by atoms with van der Waals surface area (Å²) in [6.45, 7) is 2.98. The summed E-state index contributed by atoms with van der Waals surface area (Å²) in [5.74, 6) is 0.920. The Morgan fingerprint density at radius 1 is 0.837 bits per heavy atom. The average Bonchev–Trinajstić information content (AvgIpc) is 3.02. The van der Waals surface area contributed by atoms with Gasteiger partial charge in [0.25, 0.3) is 5.91 Å². The minimum atomic E-state index is -0.530. The molecule has 0 aliphatic carbocycles. The predicted molar refractivity (Wildman–Crippen MR) is 167 cm³/mol. The summed E-state index contributed by atoms with van der Waals surface area (Å²) in [4.78, 5) is 25.2. The van der Waals surface area contributed by atoms with E-state index < -0.39 is 11.9 Å². The van der Waals surface area contributed by atoms with E-state index in [4.69, 9.17) is 42.1 Å². The van der Waals surface area contributed by atoms with Gasteiger partial charge in [-0.2, -0.15) is 5.10 Å². The maximum absolute atomic E-state index is 12.7. The number of amides is 1. The predicted octanol–water partition coefficient (Wildman–Crippen LogP) is 7.74. The van der Waals surface area contributed by atoms with Gasteiger partial charge in [-0.15, -0.1) is 0 Å². The number of hydrazone groups is 1. The molecular formula is C33H30Cl2N2O6. The number of ether oxygens (including phenoxy) is 4. The van der Waals surface area contributed by atoms with Gasteiger partial charge in [-0.05, 0) is 90.8 Å². The molecule has 4 aromatic rings. The van der Waals surface area contributed by atoms with E-state index in [2.05, 4.69) is 17.5 Å². The topological polar surface area (TPSA) is 95.5 Å². The van der Waals surface area contributed by atoms with Gasteiger partial charge >= 0.3 is 5.97 Å². The Labute approximate surface area is 260 Å². The Morgan fingerprint density at radius 3 is 2.21 bits per heavy atom. The van der Waals surface area contributed by atoms with E-state index in [-0.39, 0.29) is 12.4 Å². The fourth-order valence-corrected chi connectivity index (χ4v) is 4.22. The molecule has 0 fully saturated rings. The van der Waals surface area contributed by atoms with Crippen LogP contribution in [-0.4, -0.2) is 31.8 Å². The molecule has 0 heterocycles. The molecule has 8 nitrogen and oxygen atoms in total. The van der Waals surface area contributed by atoms with Crippen LogP contribution < -0.4 is 24.4 Å². The molecule has 0 aliphatic heterocycles. The Kier molecular flexibility index (Phi) is 11.4. The van der Waals surface area contributed by atoms with Crippen molar-refractivity contribution in [2.75, 3.05) is 13.7 Å². The highest BCUT2D eigenvalue weighted by Crippen LogP contribution is 2.29. The van der Waals surface area contributed by atoms with Crippen molar-refractivity contribution < 1.29 is 28.5 Å². The van der Waals surface area contributed by atoms with Gasteiger partial charge in [0.05, 0.1) is 25.5 Å². The van der Waals surface area contributed by atoms with Crippen molar-refractivity contribution in [2.24, 2.45) is 5.10 Å². The summed E-state index contributed by atoms with van der Waals surface area (Å²) in [6.07, 6.45) is 3.46. The molecular weight excluding hydrogens is 591 g/mol. The van der Waals surface area contributed by atoms with E-state index >= 15 is 0 Å². The van der Waals surface area contributed by atoms with Gasteiger partial charge in [-0.3, -0.25) is 4.79 Å². The number of hydrogen-bond acceptors (Lipinski definition) is 7. The molecule has 0 atom stereocenters. The summed E-state index contributed by atoms with van der Waals surface area (Å²) >= 11 is 12.1. The fourth-order valence-electron chi connectivity index (χ4n) is 3.76. The number of benzene rings is 4. The third kappa shape index (κ3) is 9.23. The van der Waals surface area contributed by atoms with Crippen LogP contribution in [-0.2, 0) is 6.61 Å². The minimum Gasteiger partial charge on any atom is -0.494 e. The van der Waals surface area contributed by atoms with Crippen LogP contribution in [0.3, 0.4) is 0 Å². The van der Waals surface area contributed by atoms with E-state index in [1.807, 2.05) is 0 Å². The van der Waals surface area contributed by atoms with Crippen LogP contribution in [0.5, 0.6) is 23.0 Å². The third-order valence-corrected chi connectivity index (χ3v) is 6.74. The number of halogens is 2. The van der Waals surface area contributed by atoms with Gasteiger partial charge in [0.1, 0.15) is 18.1 Å². The molecule has 43 heavy (non-hydrogen) atoms. The fraction of sp³-hybridized carbons (Fsp3) is 0.182. The van der Waals surface area contributed by atoms with Gasteiger partial charge in [-0.1, -0.05) is 42.6 Å². The Balaban J connectivity index is 1.29. The molecule has 4 rings (SSSR count). The zero-order valence-corrected chi connectivity index (χ0v) is 25.2. The van der Waals surface area contributed by atoms with E-state index in [1.165, 1.54) is 13.3 Å². The molecule has 10 heteroatoms. The van der Waals surface area contributed by atoms with E-state index in [9.17, 15) is 9.59 Å². The van der Waals surface area contributed by atoms with Crippen LogP contribution in [0.15, 0.2) is 90.0 Å².